The average Bonchev–Trinajstić information content (AvgIpc) is 2.28. The second kappa shape index (κ2) is 6.70. The van der Waals surface area contributed by atoms with E-state index >= 15 is 0 Å². The molecular formula is C12H18BrN3O2. The molecule has 1 heterocycles. The Kier molecular flexibility index (Phi) is 5.55. The molecule has 0 aliphatic carbocycles. The summed E-state index contributed by atoms with van der Waals surface area (Å²) in [6, 6.07) is 0.0535. The summed E-state index contributed by atoms with van der Waals surface area (Å²) >= 11 is 3.26. The number of hydrogen-bond acceptors (Lipinski definition) is 4. The number of aliphatic hydroxyl groups is 1. The number of nitrogens with one attached hydrogen (secondary N) is 1. The fraction of sp³-hybridized carbons (Fsp3) is 0.500. The van der Waals surface area contributed by atoms with Crippen LogP contribution in [0.3, 0.4) is 0 Å². The lowest BCUT2D eigenvalue weighted by Crippen LogP contribution is -2.26. The topological polar surface area (TPSA) is 67.2 Å². The van der Waals surface area contributed by atoms with Gasteiger partial charge in [-0.25, -0.2) is 4.68 Å². The zero-order valence-electron chi connectivity index (χ0n) is 10.6. The van der Waals surface area contributed by atoms with Crippen LogP contribution >= 0.6 is 15.9 Å². The van der Waals surface area contributed by atoms with E-state index in [0.717, 1.165) is 0 Å². The van der Waals surface area contributed by atoms with Crippen LogP contribution < -0.4 is 10.9 Å². The van der Waals surface area contributed by atoms with Crippen molar-refractivity contribution < 1.29 is 5.11 Å². The normalized spacial score (nSPS) is 14.0. The van der Waals surface area contributed by atoms with E-state index in [4.69, 9.17) is 0 Å². The number of aliphatic hydroxyl groups excluding tert-OH is 1. The van der Waals surface area contributed by atoms with Crippen LogP contribution in [0.2, 0.25) is 0 Å². The van der Waals surface area contributed by atoms with Crippen molar-refractivity contribution in [2.24, 2.45) is 0 Å². The first kappa shape index (κ1) is 14.9. The number of anilines is 1. The molecule has 0 aliphatic rings. The van der Waals surface area contributed by atoms with Gasteiger partial charge in [-0.15, -0.1) is 6.58 Å². The molecule has 1 rings (SSSR count). The Morgan fingerprint density at radius 3 is 2.89 bits per heavy atom. The lowest BCUT2D eigenvalue weighted by molar-refractivity contribution is 0.179. The van der Waals surface area contributed by atoms with E-state index in [1.165, 1.54) is 4.68 Å². The fourth-order valence-electron chi connectivity index (χ4n) is 1.65. The van der Waals surface area contributed by atoms with Crippen molar-refractivity contribution >= 4 is 21.6 Å². The first-order chi connectivity index (χ1) is 8.45. The van der Waals surface area contributed by atoms with Gasteiger partial charge in [-0.3, -0.25) is 4.79 Å². The Labute approximate surface area is 115 Å². The minimum absolute atomic E-state index is 0.0535. The van der Waals surface area contributed by atoms with Gasteiger partial charge in [0.1, 0.15) is 4.47 Å². The van der Waals surface area contributed by atoms with Crippen molar-refractivity contribution in [2.75, 3.05) is 5.32 Å². The van der Waals surface area contributed by atoms with Gasteiger partial charge in [-0.05, 0) is 36.2 Å². The van der Waals surface area contributed by atoms with Gasteiger partial charge in [0, 0.05) is 6.04 Å². The van der Waals surface area contributed by atoms with Crippen molar-refractivity contribution in [1.29, 1.82) is 0 Å². The van der Waals surface area contributed by atoms with E-state index in [1.54, 1.807) is 19.2 Å². The lowest BCUT2D eigenvalue weighted by atomic mass is 10.1. The summed E-state index contributed by atoms with van der Waals surface area (Å²) < 4.78 is 1.76. The monoisotopic (exact) mass is 315 g/mol. The Morgan fingerprint density at radius 1 is 1.67 bits per heavy atom. The second-order valence-corrected chi connectivity index (χ2v) is 5.07. The van der Waals surface area contributed by atoms with Crippen molar-refractivity contribution in [3.8, 4) is 0 Å². The van der Waals surface area contributed by atoms with E-state index < -0.39 is 0 Å². The highest BCUT2D eigenvalue weighted by atomic mass is 79.9. The third kappa shape index (κ3) is 3.96. The molecule has 2 N–H and O–H groups in total. The molecule has 0 fully saturated rings. The number of nitrogens with zero attached hydrogens (tertiary/aromatic N) is 2. The predicted octanol–water partition coefficient (Wildman–Crippen LogP) is 1.76. The molecule has 100 valence electrons. The number of allylic oxidation sites excluding steroid dienone is 1. The SMILES string of the molecule is C=CCn1ncc(NC(C)CC(C)O)c(Br)c1=O. The molecule has 5 nitrogen and oxygen atoms in total. The van der Waals surface area contributed by atoms with Gasteiger partial charge in [0.15, 0.2) is 0 Å². The second-order valence-electron chi connectivity index (χ2n) is 4.28. The number of halogens is 1. The van der Waals surface area contributed by atoms with Crippen LogP contribution in [0.4, 0.5) is 5.69 Å². The smallest absolute Gasteiger partial charge is 0.283 e. The van der Waals surface area contributed by atoms with Crippen LogP contribution in [0.1, 0.15) is 20.3 Å². The number of aromatic nitrogens is 2. The van der Waals surface area contributed by atoms with Crippen LogP contribution in [-0.4, -0.2) is 27.0 Å². The highest BCUT2D eigenvalue weighted by Gasteiger charge is 2.11. The molecule has 1 aromatic rings. The molecule has 1 aromatic heterocycles. The van der Waals surface area contributed by atoms with Gasteiger partial charge in [-0.2, -0.15) is 5.10 Å². The quantitative estimate of drug-likeness (QED) is 0.785. The molecule has 0 bridgehead atoms. The maximum absolute atomic E-state index is 11.9. The summed E-state index contributed by atoms with van der Waals surface area (Å²) in [4.78, 5) is 11.9. The first-order valence-electron chi connectivity index (χ1n) is 5.76. The van der Waals surface area contributed by atoms with E-state index in [-0.39, 0.29) is 17.7 Å². The van der Waals surface area contributed by atoms with E-state index in [1.807, 2.05) is 6.92 Å². The molecule has 0 radical (unpaired) electrons. The molecule has 6 heteroatoms. The summed E-state index contributed by atoms with van der Waals surface area (Å²) in [5.41, 5.74) is 0.428. The Hall–Kier alpha value is -1.14. The molecular weight excluding hydrogens is 298 g/mol. The Bertz CT molecular complexity index is 471. The van der Waals surface area contributed by atoms with Crippen LogP contribution in [0.25, 0.3) is 0 Å². The number of hydrogen-bond donors (Lipinski definition) is 2. The van der Waals surface area contributed by atoms with Crippen LogP contribution in [0, 0.1) is 0 Å². The number of rotatable bonds is 6. The zero-order chi connectivity index (χ0) is 13.7. The summed E-state index contributed by atoms with van der Waals surface area (Å²) in [6.07, 6.45) is 3.42. The van der Waals surface area contributed by atoms with Gasteiger partial charge < -0.3 is 10.4 Å². The third-order valence-electron chi connectivity index (χ3n) is 2.38. The van der Waals surface area contributed by atoms with Gasteiger partial charge in [0.25, 0.3) is 5.56 Å². The Morgan fingerprint density at radius 2 is 2.33 bits per heavy atom. The largest absolute Gasteiger partial charge is 0.393 e. The summed E-state index contributed by atoms with van der Waals surface area (Å²) in [7, 11) is 0. The van der Waals surface area contributed by atoms with Gasteiger partial charge in [0.2, 0.25) is 0 Å². The highest BCUT2D eigenvalue weighted by Crippen LogP contribution is 2.18. The molecule has 0 saturated heterocycles. The standard InChI is InChI=1S/C12H18BrN3O2/c1-4-5-16-12(18)11(13)10(7-14-16)15-8(2)6-9(3)17/h4,7-9,15,17H,1,5-6H2,2-3H3. The molecule has 0 amide bonds. The van der Waals surface area contributed by atoms with Crippen molar-refractivity contribution in [3.05, 3.63) is 33.7 Å². The summed E-state index contributed by atoms with van der Waals surface area (Å²) in [5.74, 6) is 0. The van der Waals surface area contributed by atoms with E-state index in [2.05, 4.69) is 32.9 Å². The van der Waals surface area contributed by atoms with Crippen LogP contribution in [-0.2, 0) is 6.54 Å². The predicted molar refractivity (Wildman–Crippen MR) is 75.8 cm³/mol. The van der Waals surface area contributed by atoms with Crippen molar-refractivity contribution in [1.82, 2.24) is 9.78 Å². The summed E-state index contributed by atoms with van der Waals surface area (Å²) in [6.45, 7) is 7.62. The van der Waals surface area contributed by atoms with Crippen molar-refractivity contribution in [3.63, 3.8) is 0 Å². The molecule has 0 spiro atoms. The molecule has 0 aliphatic heterocycles. The first-order valence-corrected chi connectivity index (χ1v) is 6.56. The summed E-state index contributed by atoms with van der Waals surface area (Å²) in [5, 5.41) is 16.5. The van der Waals surface area contributed by atoms with Crippen molar-refractivity contribution in [2.45, 2.75) is 39.0 Å². The third-order valence-corrected chi connectivity index (χ3v) is 3.15. The minimum atomic E-state index is -0.389. The molecule has 2 unspecified atom stereocenters. The molecule has 0 aromatic carbocycles. The van der Waals surface area contributed by atoms with E-state index in [9.17, 15) is 9.90 Å². The maximum Gasteiger partial charge on any atom is 0.283 e. The van der Waals surface area contributed by atoms with Gasteiger partial charge >= 0.3 is 0 Å². The average molecular weight is 316 g/mol. The highest BCUT2D eigenvalue weighted by molar-refractivity contribution is 9.10. The zero-order valence-corrected chi connectivity index (χ0v) is 12.1. The van der Waals surface area contributed by atoms with Crippen LogP contribution in [0.15, 0.2) is 28.1 Å². The lowest BCUT2D eigenvalue weighted by Gasteiger charge is -2.17. The van der Waals surface area contributed by atoms with E-state index in [0.29, 0.717) is 23.1 Å². The maximum atomic E-state index is 11.9. The van der Waals surface area contributed by atoms with Gasteiger partial charge in [0.05, 0.1) is 24.5 Å². The minimum Gasteiger partial charge on any atom is -0.393 e. The molecule has 18 heavy (non-hydrogen) atoms. The molecule has 2 atom stereocenters. The Balaban J connectivity index is 2.88. The van der Waals surface area contributed by atoms with Gasteiger partial charge in [-0.1, -0.05) is 6.08 Å². The fourth-order valence-corrected chi connectivity index (χ4v) is 2.08. The molecule has 0 saturated carbocycles. The van der Waals surface area contributed by atoms with Crippen LogP contribution in [0.5, 0.6) is 0 Å².